The molecule has 2 aromatic carbocycles. The molecule has 1 heterocycles. The quantitative estimate of drug-likeness (QED) is 0.784. The second-order valence-corrected chi connectivity index (χ2v) is 5.17. The SMILES string of the molecule is CN1CC(c2ccccc2)N(C)c2cc(F)c(F)cc21. The van der Waals surface area contributed by atoms with E-state index in [1.54, 1.807) is 0 Å². The van der Waals surface area contributed by atoms with Gasteiger partial charge in [0.05, 0.1) is 17.4 Å². The van der Waals surface area contributed by atoms with Crippen molar-refractivity contribution in [3.05, 3.63) is 59.7 Å². The summed E-state index contributed by atoms with van der Waals surface area (Å²) in [6.45, 7) is 0.735. The van der Waals surface area contributed by atoms with E-state index < -0.39 is 11.6 Å². The predicted molar refractivity (Wildman–Crippen MR) is 77.2 cm³/mol. The molecule has 2 nitrogen and oxygen atoms in total. The molecular formula is C16H16F2N2. The van der Waals surface area contributed by atoms with E-state index in [4.69, 9.17) is 0 Å². The van der Waals surface area contributed by atoms with Crippen LogP contribution in [0.15, 0.2) is 42.5 Å². The van der Waals surface area contributed by atoms with Crippen molar-refractivity contribution in [3.8, 4) is 0 Å². The van der Waals surface area contributed by atoms with E-state index in [1.807, 2.05) is 42.1 Å². The van der Waals surface area contributed by atoms with Gasteiger partial charge in [0, 0.05) is 32.8 Å². The van der Waals surface area contributed by atoms with Crippen LogP contribution < -0.4 is 9.80 Å². The third-order valence-corrected chi connectivity index (χ3v) is 3.91. The molecule has 0 bridgehead atoms. The zero-order chi connectivity index (χ0) is 14.3. The van der Waals surface area contributed by atoms with Crippen LogP contribution in [0.4, 0.5) is 20.2 Å². The maximum absolute atomic E-state index is 13.5. The fourth-order valence-electron chi connectivity index (χ4n) is 2.77. The van der Waals surface area contributed by atoms with Crippen molar-refractivity contribution in [2.75, 3.05) is 30.4 Å². The second kappa shape index (κ2) is 4.78. The summed E-state index contributed by atoms with van der Waals surface area (Å²) in [4.78, 5) is 3.97. The van der Waals surface area contributed by atoms with E-state index in [0.717, 1.165) is 17.8 Å². The Hall–Kier alpha value is -2.10. The van der Waals surface area contributed by atoms with Gasteiger partial charge >= 0.3 is 0 Å². The molecule has 4 heteroatoms. The highest BCUT2D eigenvalue weighted by Crippen LogP contribution is 2.40. The normalized spacial score (nSPS) is 18.1. The number of nitrogens with zero attached hydrogens (tertiary/aromatic N) is 2. The molecule has 1 unspecified atom stereocenters. The summed E-state index contributed by atoms with van der Waals surface area (Å²) in [6.07, 6.45) is 0. The largest absolute Gasteiger partial charge is 0.370 e. The molecule has 1 atom stereocenters. The van der Waals surface area contributed by atoms with Crippen LogP contribution in [-0.2, 0) is 0 Å². The molecule has 20 heavy (non-hydrogen) atoms. The smallest absolute Gasteiger partial charge is 0.161 e. The van der Waals surface area contributed by atoms with Crippen LogP contribution in [0.25, 0.3) is 0 Å². The maximum Gasteiger partial charge on any atom is 0.161 e. The molecule has 0 aromatic heterocycles. The van der Waals surface area contributed by atoms with Gasteiger partial charge in [-0.3, -0.25) is 0 Å². The molecule has 0 spiro atoms. The molecule has 0 amide bonds. The predicted octanol–water partition coefficient (Wildman–Crippen LogP) is 3.59. The number of hydrogen-bond donors (Lipinski definition) is 0. The fourth-order valence-corrected chi connectivity index (χ4v) is 2.77. The van der Waals surface area contributed by atoms with Crippen LogP contribution in [0, 0.1) is 11.6 Å². The number of likely N-dealkylation sites (N-methyl/N-ethyl adjacent to an activating group) is 2. The van der Waals surface area contributed by atoms with E-state index in [9.17, 15) is 8.78 Å². The molecule has 1 aliphatic rings. The van der Waals surface area contributed by atoms with Crippen molar-refractivity contribution >= 4 is 11.4 Å². The van der Waals surface area contributed by atoms with E-state index in [2.05, 4.69) is 12.1 Å². The van der Waals surface area contributed by atoms with Crippen molar-refractivity contribution in [3.63, 3.8) is 0 Å². The number of anilines is 2. The van der Waals surface area contributed by atoms with E-state index in [-0.39, 0.29) is 6.04 Å². The Morgan fingerprint density at radius 3 is 2.20 bits per heavy atom. The van der Waals surface area contributed by atoms with Crippen LogP contribution in [0.2, 0.25) is 0 Å². The number of benzene rings is 2. The van der Waals surface area contributed by atoms with Crippen LogP contribution in [0.3, 0.4) is 0 Å². The van der Waals surface area contributed by atoms with Gasteiger partial charge in [0.2, 0.25) is 0 Å². The van der Waals surface area contributed by atoms with Crippen molar-refractivity contribution in [1.29, 1.82) is 0 Å². The Bertz CT molecular complexity index is 628. The van der Waals surface area contributed by atoms with Gasteiger partial charge in [-0.2, -0.15) is 0 Å². The Labute approximate surface area is 117 Å². The van der Waals surface area contributed by atoms with Gasteiger partial charge in [0.1, 0.15) is 0 Å². The summed E-state index contributed by atoms with van der Waals surface area (Å²) in [6, 6.07) is 12.7. The second-order valence-electron chi connectivity index (χ2n) is 5.17. The van der Waals surface area contributed by atoms with Gasteiger partial charge in [0.25, 0.3) is 0 Å². The van der Waals surface area contributed by atoms with Crippen LogP contribution in [0.1, 0.15) is 11.6 Å². The Balaban J connectivity index is 2.06. The summed E-state index contributed by atoms with van der Waals surface area (Å²) < 4.78 is 26.9. The molecule has 0 N–H and O–H groups in total. The van der Waals surface area contributed by atoms with Crippen LogP contribution >= 0.6 is 0 Å². The summed E-state index contributed by atoms with van der Waals surface area (Å²) >= 11 is 0. The van der Waals surface area contributed by atoms with Gasteiger partial charge in [-0.25, -0.2) is 8.78 Å². The number of rotatable bonds is 1. The summed E-state index contributed by atoms with van der Waals surface area (Å²) in [5.41, 5.74) is 2.60. The minimum atomic E-state index is -0.808. The minimum absolute atomic E-state index is 0.124. The maximum atomic E-state index is 13.5. The third kappa shape index (κ3) is 2.01. The lowest BCUT2D eigenvalue weighted by atomic mass is 10.0. The topological polar surface area (TPSA) is 6.48 Å². The van der Waals surface area contributed by atoms with E-state index in [1.165, 1.54) is 12.1 Å². The first-order chi connectivity index (χ1) is 9.58. The Kier molecular flexibility index (Phi) is 3.08. The summed E-state index contributed by atoms with van der Waals surface area (Å²) in [7, 11) is 3.82. The number of halogens is 2. The van der Waals surface area contributed by atoms with Gasteiger partial charge < -0.3 is 9.80 Å². The molecule has 0 fully saturated rings. The first kappa shape index (κ1) is 12.9. The van der Waals surface area contributed by atoms with Gasteiger partial charge in [-0.05, 0) is 5.56 Å². The lowest BCUT2D eigenvalue weighted by Gasteiger charge is -2.41. The van der Waals surface area contributed by atoms with E-state index in [0.29, 0.717) is 5.69 Å². The average Bonchev–Trinajstić information content (AvgIpc) is 2.46. The molecule has 104 valence electrons. The van der Waals surface area contributed by atoms with Gasteiger partial charge in [-0.1, -0.05) is 30.3 Å². The molecule has 0 saturated heterocycles. The van der Waals surface area contributed by atoms with Gasteiger partial charge in [-0.15, -0.1) is 0 Å². The molecule has 0 aliphatic carbocycles. The molecule has 1 aliphatic heterocycles. The average molecular weight is 274 g/mol. The molecule has 2 aromatic rings. The lowest BCUT2D eigenvalue weighted by Crippen LogP contribution is -2.40. The zero-order valence-corrected chi connectivity index (χ0v) is 11.5. The highest BCUT2D eigenvalue weighted by molar-refractivity contribution is 5.74. The third-order valence-electron chi connectivity index (χ3n) is 3.91. The number of hydrogen-bond acceptors (Lipinski definition) is 2. The molecule has 3 rings (SSSR count). The highest BCUT2D eigenvalue weighted by atomic mass is 19.2. The first-order valence-electron chi connectivity index (χ1n) is 6.56. The molecule has 0 saturated carbocycles. The van der Waals surface area contributed by atoms with Crippen molar-refractivity contribution < 1.29 is 8.78 Å². The van der Waals surface area contributed by atoms with Gasteiger partial charge in [0.15, 0.2) is 11.6 Å². The lowest BCUT2D eigenvalue weighted by molar-refractivity contribution is 0.505. The number of fused-ring (bicyclic) bond motifs is 1. The minimum Gasteiger partial charge on any atom is -0.370 e. The first-order valence-corrected chi connectivity index (χ1v) is 6.56. The standard InChI is InChI=1S/C16H16F2N2/c1-19-10-16(11-6-4-3-5-7-11)20(2)15-9-13(18)12(17)8-14(15)19/h3-9,16H,10H2,1-2H3. The summed E-state index contributed by atoms with van der Waals surface area (Å²) in [5, 5.41) is 0. The summed E-state index contributed by atoms with van der Waals surface area (Å²) in [5.74, 6) is -1.61. The molecular weight excluding hydrogens is 258 g/mol. The molecule has 0 radical (unpaired) electrons. The van der Waals surface area contributed by atoms with Crippen LogP contribution in [-0.4, -0.2) is 20.6 Å². The van der Waals surface area contributed by atoms with Crippen molar-refractivity contribution in [1.82, 2.24) is 0 Å². The fraction of sp³-hybridized carbons (Fsp3) is 0.250. The zero-order valence-electron chi connectivity index (χ0n) is 11.5. The van der Waals surface area contributed by atoms with Crippen LogP contribution in [0.5, 0.6) is 0 Å². The monoisotopic (exact) mass is 274 g/mol. The van der Waals surface area contributed by atoms with Crippen molar-refractivity contribution in [2.24, 2.45) is 0 Å². The van der Waals surface area contributed by atoms with Crippen molar-refractivity contribution in [2.45, 2.75) is 6.04 Å². The highest BCUT2D eigenvalue weighted by Gasteiger charge is 2.29. The Morgan fingerprint density at radius 1 is 0.950 bits per heavy atom. The Morgan fingerprint density at radius 2 is 1.55 bits per heavy atom. The van der Waals surface area contributed by atoms with E-state index >= 15 is 0 Å².